The highest BCUT2D eigenvalue weighted by Gasteiger charge is 2.61. The highest BCUT2D eigenvalue weighted by atomic mass is 19.4. The van der Waals surface area contributed by atoms with Gasteiger partial charge in [-0.15, -0.1) is 0 Å². The zero-order valence-electron chi connectivity index (χ0n) is 17.0. The van der Waals surface area contributed by atoms with Crippen molar-refractivity contribution in [2.24, 2.45) is 52.3 Å². The van der Waals surface area contributed by atoms with Gasteiger partial charge in [0, 0.05) is 5.92 Å². The first kappa shape index (κ1) is 19.8. The van der Waals surface area contributed by atoms with Crippen LogP contribution in [0.15, 0.2) is 0 Å². The lowest BCUT2D eigenvalue weighted by Gasteiger charge is -2.61. The Hall–Kier alpha value is -0.540. The predicted molar refractivity (Wildman–Crippen MR) is 100.0 cm³/mol. The van der Waals surface area contributed by atoms with Crippen LogP contribution in [0.1, 0.15) is 78.6 Å². The zero-order chi connectivity index (χ0) is 19.6. The molecule has 0 N–H and O–H groups in total. The molecule has 1 nitrogen and oxygen atoms in total. The van der Waals surface area contributed by atoms with E-state index >= 15 is 0 Å². The number of halogens is 3. The third-order valence-electron chi connectivity index (χ3n) is 10.1. The maximum Gasteiger partial charge on any atom is 0.391 e. The molecule has 0 aromatic heterocycles. The molecule has 4 aliphatic rings. The molecule has 9 atom stereocenters. The molecule has 0 aromatic rings. The van der Waals surface area contributed by atoms with Crippen molar-refractivity contribution in [1.29, 1.82) is 0 Å². The quantitative estimate of drug-likeness (QED) is 0.487. The topological polar surface area (TPSA) is 17.1 Å². The molecule has 4 heteroatoms. The van der Waals surface area contributed by atoms with Gasteiger partial charge in [0.25, 0.3) is 0 Å². The van der Waals surface area contributed by atoms with Crippen molar-refractivity contribution in [3.8, 4) is 0 Å². The Kier molecular flexibility index (Phi) is 4.75. The van der Waals surface area contributed by atoms with Gasteiger partial charge in [-0.05, 0) is 98.2 Å². The number of hydrogen-bond donors (Lipinski definition) is 0. The molecule has 0 radical (unpaired) electrons. The second kappa shape index (κ2) is 6.49. The molecule has 0 spiro atoms. The molecule has 4 saturated carbocycles. The number of rotatable bonds is 2. The summed E-state index contributed by atoms with van der Waals surface area (Å²) < 4.78 is 39.9. The number of carbonyl (C=O) groups is 1. The van der Waals surface area contributed by atoms with Gasteiger partial charge in [0.1, 0.15) is 6.29 Å². The lowest BCUT2D eigenvalue weighted by molar-refractivity contribution is -0.208. The summed E-state index contributed by atoms with van der Waals surface area (Å²) in [7, 11) is 0. The fourth-order valence-electron chi connectivity index (χ4n) is 8.55. The first-order valence-electron chi connectivity index (χ1n) is 11.1. The summed E-state index contributed by atoms with van der Waals surface area (Å²) in [5, 5.41) is 0. The zero-order valence-corrected chi connectivity index (χ0v) is 17.0. The highest BCUT2D eigenvalue weighted by molar-refractivity contribution is 5.53. The van der Waals surface area contributed by atoms with Gasteiger partial charge < -0.3 is 4.79 Å². The smallest absolute Gasteiger partial charge is 0.303 e. The molecular weight excluding hydrogens is 349 g/mol. The average molecular weight is 385 g/mol. The van der Waals surface area contributed by atoms with Crippen LogP contribution in [0.3, 0.4) is 0 Å². The minimum absolute atomic E-state index is 0.0976. The van der Waals surface area contributed by atoms with Crippen molar-refractivity contribution < 1.29 is 18.0 Å². The van der Waals surface area contributed by atoms with Crippen LogP contribution in [-0.2, 0) is 4.79 Å². The largest absolute Gasteiger partial charge is 0.391 e. The van der Waals surface area contributed by atoms with Crippen LogP contribution in [0.2, 0.25) is 0 Å². The van der Waals surface area contributed by atoms with E-state index in [2.05, 4.69) is 20.8 Å². The molecule has 0 heterocycles. The second-order valence-electron chi connectivity index (χ2n) is 10.9. The van der Waals surface area contributed by atoms with E-state index in [1.807, 2.05) is 0 Å². The minimum Gasteiger partial charge on any atom is -0.303 e. The molecule has 4 fully saturated rings. The van der Waals surface area contributed by atoms with Crippen LogP contribution < -0.4 is 0 Å². The summed E-state index contributed by atoms with van der Waals surface area (Å²) in [5.74, 6) is 1.71. The third kappa shape index (κ3) is 2.90. The molecule has 0 bridgehead atoms. The molecule has 154 valence electrons. The first-order valence-corrected chi connectivity index (χ1v) is 11.1. The Morgan fingerprint density at radius 1 is 0.926 bits per heavy atom. The van der Waals surface area contributed by atoms with Crippen molar-refractivity contribution in [1.82, 2.24) is 0 Å². The second-order valence-corrected chi connectivity index (χ2v) is 10.9. The van der Waals surface area contributed by atoms with Crippen molar-refractivity contribution >= 4 is 6.29 Å². The minimum atomic E-state index is -4.02. The van der Waals surface area contributed by atoms with Crippen molar-refractivity contribution in [3.05, 3.63) is 0 Å². The Labute approximate surface area is 161 Å². The standard InChI is InChI=1S/C23H35F3O/c1-14(13-27)18-6-7-19-17-5-4-15-12-16(23(24,25)26)8-10-21(15,2)20(17)9-11-22(18,19)3/h13-20H,4-12H2,1-3H3. The summed E-state index contributed by atoms with van der Waals surface area (Å²) >= 11 is 0. The molecular formula is C23H35F3O. The molecule has 0 aliphatic heterocycles. The van der Waals surface area contributed by atoms with Crippen LogP contribution in [0.4, 0.5) is 13.2 Å². The van der Waals surface area contributed by atoms with Gasteiger partial charge in [0.05, 0.1) is 5.92 Å². The number of aldehydes is 1. The van der Waals surface area contributed by atoms with Crippen LogP contribution in [0.25, 0.3) is 0 Å². The Morgan fingerprint density at radius 2 is 1.59 bits per heavy atom. The number of fused-ring (bicyclic) bond motifs is 5. The van der Waals surface area contributed by atoms with E-state index in [-0.39, 0.29) is 22.7 Å². The van der Waals surface area contributed by atoms with E-state index in [0.29, 0.717) is 36.5 Å². The number of hydrogen-bond acceptors (Lipinski definition) is 1. The van der Waals surface area contributed by atoms with E-state index in [0.717, 1.165) is 44.8 Å². The monoisotopic (exact) mass is 384 g/mol. The lowest BCUT2D eigenvalue weighted by atomic mass is 9.44. The van der Waals surface area contributed by atoms with E-state index in [1.165, 1.54) is 6.42 Å². The van der Waals surface area contributed by atoms with Gasteiger partial charge >= 0.3 is 6.18 Å². The third-order valence-corrected chi connectivity index (χ3v) is 10.1. The summed E-state index contributed by atoms with van der Waals surface area (Å²) in [5.41, 5.74) is 0.355. The van der Waals surface area contributed by atoms with E-state index in [9.17, 15) is 18.0 Å². The van der Waals surface area contributed by atoms with Crippen molar-refractivity contribution in [3.63, 3.8) is 0 Å². The van der Waals surface area contributed by atoms with E-state index in [1.54, 1.807) is 0 Å². The molecule has 9 unspecified atom stereocenters. The fraction of sp³-hybridized carbons (Fsp3) is 0.957. The highest BCUT2D eigenvalue weighted by Crippen LogP contribution is 2.68. The lowest BCUT2D eigenvalue weighted by Crippen LogP contribution is -2.54. The summed E-state index contributed by atoms with van der Waals surface area (Å²) in [4.78, 5) is 11.5. The maximum absolute atomic E-state index is 13.3. The Balaban J connectivity index is 1.55. The van der Waals surface area contributed by atoms with Crippen LogP contribution in [0, 0.1) is 52.3 Å². The normalized spacial score (nSPS) is 51.0. The van der Waals surface area contributed by atoms with Crippen LogP contribution in [0.5, 0.6) is 0 Å². The Bertz CT molecular complexity index is 587. The molecule has 0 aromatic carbocycles. The summed E-state index contributed by atoms with van der Waals surface area (Å²) in [6, 6.07) is 0. The molecule has 4 rings (SSSR count). The molecule has 0 amide bonds. The van der Waals surface area contributed by atoms with Gasteiger partial charge in [-0.1, -0.05) is 20.8 Å². The number of carbonyl (C=O) groups excluding carboxylic acids is 1. The SMILES string of the molecule is CC(C=O)C1CCC2C3CCC4CC(C(F)(F)F)CCC4(C)C3CCC12C. The molecule has 0 saturated heterocycles. The van der Waals surface area contributed by atoms with Gasteiger partial charge in [0.2, 0.25) is 0 Å². The first-order chi connectivity index (χ1) is 12.6. The number of alkyl halides is 3. The molecule has 4 aliphatic carbocycles. The summed E-state index contributed by atoms with van der Waals surface area (Å²) in [6.07, 6.45) is 5.32. The average Bonchev–Trinajstić information content (AvgIpc) is 2.96. The van der Waals surface area contributed by atoms with Crippen molar-refractivity contribution in [2.75, 3.05) is 0 Å². The van der Waals surface area contributed by atoms with Gasteiger partial charge in [0.15, 0.2) is 0 Å². The maximum atomic E-state index is 13.3. The van der Waals surface area contributed by atoms with Gasteiger partial charge in [-0.2, -0.15) is 13.2 Å². The van der Waals surface area contributed by atoms with E-state index < -0.39 is 12.1 Å². The van der Waals surface area contributed by atoms with E-state index in [4.69, 9.17) is 0 Å². The van der Waals surface area contributed by atoms with Crippen molar-refractivity contribution in [2.45, 2.75) is 84.7 Å². The van der Waals surface area contributed by atoms with Crippen LogP contribution in [-0.4, -0.2) is 12.5 Å². The summed E-state index contributed by atoms with van der Waals surface area (Å²) in [6.45, 7) is 6.82. The van der Waals surface area contributed by atoms with Gasteiger partial charge in [-0.3, -0.25) is 0 Å². The van der Waals surface area contributed by atoms with Gasteiger partial charge in [-0.25, -0.2) is 0 Å². The molecule has 27 heavy (non-hydrogen) atoms. The van der Waals surface area contributed by atoms with Crippen LogP contribution >= 0.6 is 0 Å². The predicted octanol–water partition coefficient (Wildman–Crippen LogP) is 6.66. The Morgan fingerprint density at radius 3 is 2.26 bits per heavy atom. The fourth-order valence-corrected chi connectivity index (χ4v) is 8.55.